The van der Waals surface area contributed by atoms with Crippen LogP contribution < -0.4 is 5.73 Å². The fraction of sp³-hybridized carbons (Fsp3) is 0.333. The molecule has 0 saturated heterocycles. The normalized spacial score (nSPS) is 16.4. The van der Waals surface area contributed by atoms with E-state index < -0.39 is 0 Å². The minimum absolute atomic E-state index is 0.202. The maximum atomic E-state index is 12.7. The third-order valence-electron chi connectivity index (χ3n) is 1.79. The maximum absolute atomic E-state index is 12.7. The molecule has 3 heteroatoms. The Morgan fingerprint density at radius 1 is 1.42 bits per heavy atom. The molecule has 0 aromatic heterocycles. The summed E-state index contributed by atoms with van der Waals surface area (Å²) in [5, 5.41) is 0.675. The van der Waals surface area contributed by atoms with Crippen molar-refractivity contribution in [3.8, 4) is 0 Å². The first kappa shape index (κ1) is 7.92. The van der Waals surface area contributed by atoms with Gasteiger partial charge in [0, 0.05) is 15.8 Å². The summed E-state index contributed by atoms with van der Waals surface area (Å²) < 4.78 is 12.7. The number of anilines is 1. The van der Waals surface area contributed by atoms with Crippen molar-refractivity contribution in [2.45, 2.75) is 23.0 Å². The molecule has 1 fully saturated rings. The van der Waals surface area contributed by atoms with E-state index in [4.69, 9.17) is 5.73 Å². The first-order valence-corrected chi connectivity index (χ1v) is 4.85. The molecule has 0 bridgehead atoms. The number of benzene rings is 1. The van der Waals surface area contributed by atoms with E-state index in [0.717, 1.165) is 4.90 Å². The Labute approximate surface area is 75.1 Å². The van der Waals surface area contributed by atoms with E-state index in [1.165, 1.54) is 25.0 Å². The second-order valence-electron chi connectivity index (χ2n) is 3.00. The number of nitrogen functional groups attached to an aromatic ring is 1. The molecular weight excluding hydrogens is 173 g/mol. The van der Waals surface area contributed by atoms with Crippen molar-refractivity contribution in [1.82, 2.24) is 0 Å². The van der Waals surface area contributed by atoms with Crippen LogP contribution in [-0.4, -0.2) is 5.25 Å². The summed E-state index contributed by atoms with van der Waals surface area (Å²) in [6.07, 6.45) is 2.47. The molecule has 0 aliphatic heterocycles. The summed E-state index contributed by atoms with van der Waals surface area (Å²) in [6.45, 7) is 0. The minimum Gasteiger partial charge on any atom is -0.398 e. The molecule has 0 amide bonds. The molecule has 0 atom stereocenters. The SMILES string of the molecule is Nc1ccc(F)cc1SC1CC1. The Bertz CT molecular complexity index is 297. The monoisotopic (exact) mass is 183 g/mol. The van der Waals surface area contributed by atoms with Gasteiger partial charge < -0.3 is 5.73 Å². The van der Waals surface area contributed by atoms with E-state index >= 15 is 0 Å². The van der Waals surface area contributed by atoms with Gasteiger partial charge in [-0.05, 0) is 31.0 Å². The Kier molecular flexibility index (Phi) is 1.97. The molecule has 1 nitrogen and oxygen atoms in total. The molecule has 2 N–H and O–H groups in total. The van der Waals surface area contributed by atoms with Crippen LogP contribution >= 0.6 is 11.8 Å². The first-order chi connectivity index (χ1) is 5.75. The van der Waals surface area contributed by atoms with Gasteiger partial charge in [-0.3, -0.25) is 0 Å². The van der Waals surface area contributed by atoms with Gasteiger partial charge in [-0.2, -0.15) is 0 Å². The molecule has 1 aromatic carbocycles. The largest absolute Gasteiger partial charge is 0.398 e. The van der Waals surface area contributed by atoms with E-state index in [0.29, 0.717) is 10.9 Å². The zero-order valence-corrected chi connectivity index (χ0v) is 7.40. The van der Waals surface area contributed by atoms with Gasteiger partial charge in [-0.25, -0.2) is 4.39 Å². The molecule has 0 unspecified atom stereocenters. The highest BCUT2D eigenvalue weighted by atomic mass is 32.2. The molecule has 2 rings (SSSR count). The zero-order chi connectivity index (χ0) is 8.55. The molecule has 0 radical (unpaired) electrons. The fourth-order valence-electron chi connectivity index (χ4n) is 0.976. The summed E-state index contributed by atoms with van der Waals surface area (Å²) in [6, 6.07) is 4.53. The topological polar surface area (TPSA) is 26.0 Å². The lowest BCUT2D eigenvalue weighted by molar-refractivity contribution is 0.624. The van der Waals surface area contributed by atoms with Crippen molar-refractivity contribution in [1.29, 1.82) is 0 Å². The first-order valence-electron chi connectivity index (χ1n) is 3.97. The predicted octanol–water partition coefficient (Wildman–Crippen LogP) is 2.66. The van der Waals surface area contributed by atoms with E-state index in [-0.39, 0.29) is 5.82 Å². The van der Waals surface area contributed by atoms with Crippen molar-refractivity contribution < 1.29 is 4.39 Å². The van der Waals surface area contributed by atoms with Crippen LogP contribution in [0.5, 0.6) is 0 Å². The van der Waals surface area contributed by atoms with Crippen LogP contribution in [0.25, 0.3) is 0 Å². The molecule has 1 aliphatic carbocycles. The van der Waals surface area contributed by atoms with Crippen molar-refractivity contribution in [3.05, 3.63) is 24.0 Å². The van der Waals surface area contributed by atoms with E-state index in [9.17, 15) is 4.39 Å². The maximum Gasteiger partial charge on any atom is 0.124 e. The fourth-order valence-corrected chi connectivity index (χ4v) is 2.09. The standard InChI is InChI=1S/C9H10FNS/c10-6-1-4-8(11)9(5-6)12-7-2-3-7/h1,4-5,7H,2-3,11H2. The van der Waals surface area contributed by atoms with Crippen LogP contribution in [0.2, 0.25) is 0 Å². The van der Waals surface area contributed by atoms with Crippen LogP contribution in [0.15, 0.2) is 23.1 Å². The van der Waals surface area contributed by atoms with Gasteiger partial charge in [0.25, 0.3) is 0 Å². The predicted molar refractivity (Wildman–Crippen MR) is 49.7 cm³/mol. The summed E-state index contributed by atoms with van der Waals surface area (Å²) in [7, 11) is 0. The number of rotatable bonds is 2. The molecule has 12 heavy (non-hydrogen) atoms. The van der Waals surface area contributed by atoms with Gasteiger partial charge in [0.1, 0.15) is 5.82 Å². The number of halogens is 1. The van der Waals surface area contributed by atoms with Gasteiger partial charge in [0.2, 0.25) is 0 Å². The van der Waals surface area contributed by atoms with Crippen molar-refractivity contribution in [3.63, 3.8) is 0 Å². The second-order valence-corrected chi connectivity index (χ2v) is 4.34. The molecule has 64 valence electrons. The van der Waals surface area contributed by atoms with E-state index in [1.807, 2.05) is 0 Å². The minimum atomic E-state index is -0.202. The lowest BCUT2D eigenvalue weighted by Gasteiger charge is -2.03. The number of hydrogen-bond donors (Lipinski definition) is 1. The van der Waals surface area contributed by atoms with Gasteiger partial charge in [-0.1, -0.05) is 0 Å². The van der Waals surface area contributed by atoms with Crippen LogP contribution in [-0.2, 0) is 0 Å². The smallest absolute Gasteiger partial charge is 0.124 e. The molecule has 1 aromatic rings. The summed E-state index contributed by atoms with van der Waals surface area (Å²) in [4.78, 5) is 0.887. The average Bonchev–Trinajstić information content (AvgIpc) is 2.81. The summed E-state index contributed by atoms with van der Waals surface area (Å²) >= 11 is 1.69. The van der Waals surface area contributed by atoms with Crippen molar-refractivity contribution in [2.75, 3.05) is 5.73 Å². The van der Waals surface area contributed by atoms with Crippen LogP contribution in [0.3, 0.4) is 0 Å². The highest BCUT2D eigenvalue weighted by Gasteiger charge is 2.23. The lowest BCUT2D eigenvalue weighted by Crippen LogP contribution is -1.89. The Hall–Kier alpha value is -0.700. The highest BCUT2D eigenvalue weighted by molar-refractivity contribution is 8.00. The molecule has 0 heterocycles. The van der Waals surface area contributed by atoms with Crippen LogP contribution in [0.4, 0.5) is 10.1 Å². The van der Waals surface area contributed by atoms with Gasteiger partial charge in [0.15, 0.2) is 0 Å². The lowest BCUT2D eigenvalue weighted by atomic mass is 10.3. The Morgan fingerprint density at radius 2 is 2.17 bits per heavy atom. The van der Waals surface area contributed by atoms with Crippen molar-refractivity contribution in [2.24, 2.45) is 0 Å². The molecule has 1 aliphatic rings. The average molecular weight is 183 g/mol. The molecular formula is C9H10FNS. The quantitative estimate of drug-likeness (QED) is 0.713. The van der Waals surface area contributed by atoms with E-state index in [1.54, 1.807) is 17.8 Å². The van der Waals surface area contributed by atoms with Crippen molar-refractivity contribution >= 4 is 17.4 Å². The Balaban J connectivity index is 2.21. The summed E-state index contributed by atoms with van der Waals surface area (Å²) in [5.41, 5.74) is 6.37. The van der Waals surface area contributed by atoms with Crippen LogP contribution in [0.1, 0.15) is 12.8 Å². The van der Waals surface area contributed by atoms with Gasteiger partial charge >= 0.3 is 0 Å². The molecule has 1 saturated carbocycles. The van der Waals surface area contributed by atoms with Gasteiger partial charge in [0.05, 0.1) is 0 Å². The summed E-state index contributed by atoms with van der Waals surface area (Å²) in [5.74, 6) is -0.202. The van der Waals surface area contributed by atoms with Crippen LogP contribution in [0, 0.1) is 5.82 Å². The zero-order valence-electron chi connectivity index (χ0n) is 6.59. The number of thioether (sulfide) groups is 1. The third-order valence-corrected chi connectivity index (χ3v) is 3.21. The third kappa shape index (κ3) is 1.72. The molecule has 0 spiro atoms. The number of hydrogen-bond acceptors (Lipinski definition) is 2. The van der Waals surface area contributed by atoms with E-state index in [2.05, 4.69) is 0 Å². The number of nitrogens with two attached hydrogens (primary N) is 1. The Morgan fingerprint density at radius 3 is 2.83 bits per heavy atom. The van der Waals surface area contributed by atoms with Gasteiger partial charge in [-0.15, -0.1) is 11.8 Å². The highest BCUT2D eigenvalue weighted by Crippen LogP contribution is 2.41. The second kappa shape index (κ2) is 2.98.